The van der Waals surface area contributed by atoms with Crippen LogP contribution in [0.2, 0.25) is 5.02 Å². The summed E-state index contributed by atoms with van der Waals surface area (Å²) in [5, 5.41) is 8.39. The van der Waals surface area contributed by atoms with Crippen LogP contribution in [0.5, 0.6) is 11.5 Å². The number of hydrogen-bond donors (Lipinski definition) is 1. The van der Waals surface area contributed by atoms with Crippen LogP contribution < -0.4 is 9.47 Å². The van der Waals surface area contributed by atoms with Gasteiger partial charge in [0.25, 0.3) is 0 Å². The number of ether oxygens (including phenoxy) is 2. The molecule has 0 amide bonds. The van der Waals surface area contributed by atoms with Gasteiger partial charge in [-0.25, -0.2) is 0 Å². The summed E-state index contributed by atoms with van der Waals surface area (Å²) >= 11 is 6.58. The van der Waals surface area contributed by atoms with E-state index < -0.39 is 0 Å². The van der Waals surface area contributed by atoms with Crippen LogP contribution in [0.4, 0.5) is 0 Å². The first-order valence-corrected chi connectivity index (χ1v) is 10.3. The van der Waals surface area contributed by atoms with Crippen molar-refractivity contribution in [2.24, 2.45) is 5.92 Å². The largest absolute Gasteiger partial charge is 0.490 e. The first-order valence-electron chi connectivity index (χ1n) is 9.91. The Bertz CT molecular complexity index is 773. The number of H-pyrrole nitrogens is 1. The molecule has 27 heavy (non-hydrogen) atoms. The van der Waals surface area contributed by atoms with Crippen LogP contribution in [0.3, 0.4) is 0 Å². The predicted molar refractivity (Wildman–Crippen MR) is 110 cm³/mol. The highest BCUT2D eigenvalue weighted by molar-refractivity contribution is 6.32. The van der Waals surface area contributed by atoms with Gasteiger partial charge < -0.3 is 9.47 Å². The van der Waals surface area contributed by atoms with Crippen LogP contribution in [-0.2, 0) is 13.0 Å². The molecule has 0 saturated heterocycles. The van der Waals surface area contributed by atoms with E-state index in [2.05, 4.69) is 35.9 Å². The van der Waals surface area contributed by atoms with Gasteiger partial charge in [-0.05, 0) is 37.9 Å². The zero-order valence-electron chi connectivity index (χ0n) is 16.8. The van der Waals surface area contributed by atoms with E-state index in [1.807, 2.05) is 19.1 Å². The fourth-order valence-electron chi connectivity index (χ4n) is 3.45. The van der Waals surface area contributed by atoms with Gasteiger partial charge in [-0.2, -0.15) is 5.10 Å². The van der Waals surface area contributed by atoms with Gasteiger partial charge in [0.05, 0.1) is 23.9 Å². The predicted octanol–water partition coefficient (Wildman–Crippen LogP) is 4.93. The van der Waals surface area contributed by atoms with Crippen molar-refractivity contribution in [2.75, 3.05) is 26.3 Å². The van der Waals surface area contributed by atoms with Gasteiger partial charge in [-0.3, -0.25) is 10.00 Å². The summed E-state index contributed by atoms with van der Waals surface area (Å²) in [6, 6.07) is 3.94. The number of hydrogen-bond acceptors (Lipinski definition) is 4. The molecule has 1 aliphatic rings. The molecule has 3 rings (SSSR count). The quantitative estimate of drug-likeness (QED) is 0.693. The van der Waals surface area contributed by atoms with Crippen LogP contribution in [0.25, 0.3) is 11.3 Å². The van der Waals surface area contributed by atoms with E-state index in [0.717, 1.165) is 43.7 Å². The van der Waals surface area contributed by atoms with Crippen LogP contribution >= 0.6 is 11.6 Å². The van der Waals surface area contributed by atoms with Crippen LogP contribution in [0, 0.1) is 5.92 Å². The molecule has 5 nitrogen and oxygen atoms in total. The first-order chi connectivity index (χ1) is 13.0. The zero-order valence-corrected chi connectivity index (χ0v) is 17.5. The smallest absolute Gasteiger partial charge is 0.179 e. The molecule has 2 aromatic rings. The minimum atomic E-state index is 0.415. The lowest BCUT2D eigenvalue weighted by Crippen LogP contribution is -2.31. The van der Waals surface area contributed by atoms with Gasteiger partial charge in [0.2, 0.25) is 0 Å². The molecule has 1 N–H and O–H groups in total. The highest BCUT2D eigenvalue weighted by Gasteiger charge is 2.24. The molecule has 148 valence electrons. The fourth-order valence-corrected chi connectivity index (χ4v) is 3.72. The molecule has 6 heteroatoms. The maximum absolute atomic E-state index is 6.58. The topological polar surface area (TPSA) is 50.4 Å². The molecule has 0 spiro atoms. The molecular weight excluding hydrogens is 362 g/mol. The Hall–Kier alpha value is -1.72. The molecule has 1 aromatic carbocycles. The van der Waals surface area contributed by atoms with Gasteiger partial charge in [0.1, 0.15) is 0 Å². The number of halogens is 1. The molecule has 2 heterocycles. The van der Waals surface area contributed by atoms with Crippen molar-refractivity contribution in [3.05, 3.63) is 28.4 Å². The monoisotopic (exact) mass is 391 g/mol. The summed E-state index contributed by atoms with van der Waals surface area (Å²) in [4.78, 5) is 2.48. The van der Waals surface area contributed by atoms with E-state index in [1.165, 1.54) is 11.3 Å². The molecule has 0 radical (unpaired) electrons. The van der Waals surface area contributed by atoms with E-state index in [4.69, 9.17) is 21.1 Å². The van der Waals surface area contributed by atoms with Crippen molar-refractivity contribution < 1.29 is 9.47 Å². The summed E-state index contributed by atoms with van der Waals surface area (Å²) in [7, 11) is 0. The second kappa shape index (κ2) is 8.98. The number of benzene rings is 1. The zero-order chi connectivity index (χ0) is 19.4. The third-order valence-electron chi connectivity index (χ3n) is 4.70. The van der Waals surface area contributed by atoms with Crippen molar-refractivity contribution >= 4 is 11.6 Å². The standard InChI is InChI=1S/C21H30ClN3O2/c1-5-8-25-9-7-18-16(12-25)20(24-23-18)15-10-17(22)21(27-13-14(3)4)19(11-15)26-6-2/h10-11,14H,5-9,12-13H2,1-4H3,(H,23,24). The molecule has 0 bridgehead atoms. The third-order valence-corrected chi connectivity index (χ3v) is 4.98. The Kier molecular flexibility index (Phi) is 6.66. The van der Waals surface area contributed by atoms with E-state index in [0.29, 0.717) is 35.7 Å². The van der Waals surface area contributed by atoms with Crippen LogP contribution in [-0.4, -0.2) is 41.4 Å². The van der Waals surface area contributed by atoms with Crippen LogP contribution in [0.15, 0.2) is 12.1 Å². The van der Waals surface area contributed by atoms with Crippen LogP contribution in [0.1, 0.15) is 45.4 Å². The van der Waals surface area contributed by atoms with E-state index in [9.17, 15) is 0 Å². The Morgan fingerprint density at radius 2 is 2.07 bits per heavy atom. The summed E-state index contributed by atoms with van der Waals surface area (Å²) in [5.74, 6) is 1.71. The summed E-state index contributed by atoms with van der Waals surface area (Å²) < 4.78 is 11.8. The lowest BCUT2D eigenvalue weighted by Gasteiger charge is -2.26. The van der Waals surface area contributed by atoms with E-state index in [1.54, 1.807) is 0 Å². The van der Waals surface area contributed by atoms with E-state index >= 15 is 0 Å². The Morgan fingerprint density at radius 1 is 1.26 bits per heavy atom. The average molecular weight is 392 g/mol. The summed E-state index contributed by atoms with van der Waals surface area (Å²) in [6.45, 7) is 12.7. The van der Waals surface area contributed by atoms with Crippen molar-refractivity contribution in [3.8, 4) is 22.8 Å². The molecule has 0 unspecified atom stereocenters. The molecule has 0 saturated carbocycles. The highest BCUT2D eigenvalue weighted by atomic mass is 35.5. The lowest BCUT2D eigenvalue weighted by atomic mass is 10.0. The molecule has 0 atom stereocenters. The Balaban J connectivity index is 1.95. The van der Waals surface area contributed by atoms with Crippen molar-refractivity contribution in [1.82, 2.24) is 15.1 Å². The maximum atomic E-state index is 6.58. The SMILES string of the molecule is CCCN1CCc2[nH]nc(-c3cc(Cl)c(OCC(C)C)c(OCC)c3)c2C1. The summed E-state index contributed by atoms with van der Waals surface area (Å²) in [5.41, 5.74) is 4.43. The number of rotatable bonds is 8. The van der Waals surface area contributed by atoms with E-state index in [-0.39, 0.29) is 0 Å². The van der Waals surface area contributed by atoms with Gasteiger partial charge in [-0.1, -0.05) is 32.4 Å². The van der Waals surface area contributed by atoms with Crippen molar-refractivity contribution in [2.45, 2.75) is 47.1 Å². The van der Waals surface area contributed by atoms with Gasteiger partial charge in [-0.15, -0.1) is 0 Å². The van der Waals surface area contributed by atoms with Gasteiger partial charge in [0, 0.05) is 36.3 Å². The second-order valence-corrected chi connectivity index (χ2v) is 7.89. The minimum absolute atomic E-state index is 0.415. The number of fused-ring (bicyclic) bond motifs is 1. The molecule has 0 aliphatic carbocycles. The Morgan fingerprint density at radius 3 is 2.78 bits per heavy atom. The summed E-state index contributed by atoms with van der Waals surface area (Å²) in [6.07, 6.45) is 2.16. The minimum Gasteiger partial charge on any atom is -0.490 e. The number of nitrogens with zero attached hydrogens (tertiary/aromatic N) is 2. The fraction of sp³-hybridized carbons (Fsp3) is 0.571. The number of nitrogens with one attached hydrogen (secondary N) is 1. The molecule has 1 aromatic heterocycles. The van der Waals surface area contributed by atoms with Gasteiger partial charge >= 0.3 is 0 Å². The second-order valence-electron chi connectivity index (χ2n) is 7.48. The average Bonchev–Trinajstić information content (AvgIpc) is 3.04. The number of aromatic amines is 1. The molecule has 1 aliphatic heterocycles. The first kappa shape index (κ1) is 20.0. The number of aromatic nitrogens is 2. The lowest BCUT2D eigenvalue weighted by molar-refractivity contribution is 0.248. The maximum Gasteiger partial charge on any atom is 0.179 e. The molecular formula is C21H30ClN3O2. The Labute approximate surface area is 167 Å². The van der Waals surface area contributed by atoms with Crippen molar-refractivity contribution in [3.63, 3.8) is 0 Å². The van der Waals surface area contributed by atoms with Gasteiger partial charge in [0.15, 0.2) is 11.5 Å². The normalized spacial score (nSPS) is 14.4. The molecule has 0 fully saturated rings. The highest BCUT2D eigenvalue weighted by Crippen LogP contribution is 2.41. The third kappa shape index (κ3) is 4.58. The van der Waals surface area contributed by atoms with Crippen molar-refractivity contribution in [1.29, 1.82) is 0 Å².